The summed E-state index contributed by atoms with van der Waals surface area (Å²) in [6.07, 6.45) is 1.43. The lowest BCUT2D eigenvalue weighted by Gasteiger charge is -2.12. The highest BCUT2D eigenvalue weighted by atomic mass is 16.5. The average Bonchev–Trinajstić information content (AvgIpc) is 3.06. The number of aryl methyl sites for hydroxylation is 1. The molecule has 0 saturated carbocycles. The van der Waals surface area contributed by atoms with E-state index >= 15 is 0 Å². The van der Waals surface area contributed by atoms with Crippen LogP contribution in [0.1, 0.15) is 21.8 Å². The zero-order valence-electron chi connectivity index (χ0n) is 12.3. The van der Waals surface area contributed by atoms with Crippen molar-refractivity contribution in [2.24, 2.45) is 0 Å². The van der Waals surface area contributed by atoms with E-state index in [0.29, 0.717) is 5.82 Å². The first-order valence-corrected chi connectivity index (χ1v) is 6.91. The van der Waals surface area contributed by atoms with Gasteiger partial charge in [0, 0.05) is 11.8 Å². The Bertz CT molecular complexity index is 796. The first kappa shape index (κ1) is 14.0. The van der Waals surface area contributed by atoms with Gasteiger partial charge >= 0.3 is 0 Å². The van der Waals surface area contributed by atoms with Crippen LogP contribution in [-0.2, 0) is 0 Å². The summed E-state index contributed by atoms with van der Waals surface area (Å²) in [7, 11) is 0. The van der Waals surface area contributed by atoms with Crippen LogP contribution in [0.15, 0.2) is 53.2 Å². The van der Waals surface area contributed by atoms with Crippen molar-refractivity contribution >= 4 is 11.7 Å². The van der Waals surface area contributed by atoms with Gasteiger partial charge in [0.05, 0.1) is 6.20 Å². The smallest absolute Gasteiger partial charge is 0.295 e. The molecule has 3 rings (SSSR count). The molecule has 0 aliphatic carbocycles. The van der Waals surface area contributed by atoms with Crippen molar-refractivity contribution in [1.82, 2.24) is 10.1 Å². The van der Waals surface area contributed by atoms with Crippen molar-refractivity contribution in [3.63, 3.8) is 0 Å². The highest BCUT2D eigenvalue weighted by Gasteiger charge is 2.13. The lowest BCUT2D eigenvalue weighted by Crippen LogP contribution is -2.13. The van der Waals surface area contributed by atoms with E-state index in [-0.39, 0.29) is 11.7 Å². The minimum absolute atomic E-state index is 0.154. The van der Waals surface area contributed by atoms with Crippen molar-refractivity contribution in [3.8, 4) is 11.1 Å². The second kappa shape index (κ2) is 5.81. The predicted molar refractivity (Wildman–Crippen MR) is 83.6 cm³/mol. The second-order valence-electron chi connectivity index (χ2n) is 4.96. The number of amides is 1. The maximum atomic E-state index is 12.0. The molecular weight excluding hydrogens is 278 g/mol. The summed E-state index contributed by atoms with van der Waals surface area (Å²) in [5.41, 5.74) is 4.08. The number of aromatic nitrogens is 2. The van der Waals surface area contributed by atoms with Crippen LogP contribution in [0.4, 0.5) is 5.82 Å². The normalized spacial score (nSPS) is 10.5. The topological polar surface area (TPSA) is 68.0 Å². The molecule has 3 aromatic rings. The molecule has 5 heteroatoms. The highest BCUT2D eigenvalue weighted by molar-refractivity contribution is 6.01. The first-order valence-electron chi connectivity index (χ1n) is 6.91. The van der Waals surface area contributed by atoms with Crippen molar-refractivity contribution in [1.29, 1.82) is 0 Å². The number of anilines is 1. The largest absolute Gasteiger partial charge is 0.351 e. The Hall–Kier alpha value is -2.95. The van der Waals surface area contributed by atoms with Crippen molar-refractivity contribution in [2.75, 3.05) is 5.32 Å². The first-order chi connectivity index (χ1) is 10.6. The SMILES string of the molecule is Cc1nc(NC(=O)c2ccno2)cc(-c2ccccc2)c1C. The number of carbonyl (C=O) groups excluding carboxylic acids is 1. The van der Waals surface area contributed by atoms with Crippen LogP contribution in [0.3, 0.4) is 0 Å². The van der Waals surface area contributed by atoms with Crippen LogP contribution in [0, 0.1) is 13.8 Å². The zero-order chi connectivity index (χ0) is 15.5. The van der Waals surface area contributed by atoms with Crippen molar-refractivity contribution in [3.05, 3.63) is 65.7 Å². The Morgan fingerprint density at radius 1 is 1.14 bits per heavy atom. The van der Waals surface area contributed by atoms with Crippen molar-refractivity contribution < 1.29 is 9.32 Å². The Morgan fingerprint density at radius 2 is 1.91 bits per heavy atom. The number of nitrogens with zero attached hydrogens (tertiary/aromatic N) is 2. The molecule has 0 atom stereocenters. The lowest BCUT2D eigenvalue weighted by atomic mass is 10.0. The van der Waals surface area contributed by atoms with Crippen LogP contribution < -0.4 is 5.32 Å². The molecule has 1 amide bonds. The molecule has 110 valence electrons. The van der Waals surface area contributed by atoms with Crippen LogP contribution in [0.25, 0.3) is 11.1 Å². The molecule has 22 heavy (non-hydrogen) atoms. The van der Waals surface area contributed by atoms with Crippen LogP contribution in [0.5, 0.6) is 0 Å². The van der Waals surface area contributed by atoms with E-state index in [1.165, 1.54) is 12.3 Å². The third-order valence-electron chi connectivity index (χ3n) is 3.50. The Labute approximate surface area is 128 Å². The zero-order valence-corrected chi connectivity index (χ0v) is 12.3. The van der Waals surface area contributed by atoms with Gasteiger partial charge in [-0.05, 0) is 36.6 Å². The summed E-state index contributed by atoms with van der Waals surface area (Å²) in [6, 6.07) is 13.4. The van der Waals surface area contributed by atoms with Gasteiger partial charge in [0.25, 0.3) is 5.91 Å². The minimum atomic E-state index is -0.368. The van der Waals surface area contributed by atoms with Gasteiger partial charge in [-0.2, -0.15) is 0 Å². The molecule has 2 aromatic heterocycles. The van der Waals surface area contributed by atoms with E-state index in [9.17, 15) is 4.79 Å². The fourth-order valence-corrected chi connectivity index (χ4v) is 2.23. The average molecular weight is 293 g/mol. The number of hydrogen-bond acceptors (Lipinski definition) is 4. The summed E-state index contributed by atoms with van der Waals surface area (Å²) in [4.78, 5) is 16.4. The molecule has 0 aliphatic rings. The molecule has 0 unspecified atom stereocenters. The van der Waals surface area contributed by atoms with Crippen LogP contribution in [0.2, 0.25) is 0 Å². The standard InChI is InChI=1S/C17H15N3O2/c1-11-12(2)19-16(20-17(21)15-8-9-18-22-15)10-14(11)13-6-4-3-5-7-13/h3-10H,1-2H3,(H,19,20,21). The van der Waals surface area contributed by atoms with Gasteiger partial charge in [-0.15, -0.1) is 0 Å². The second-order valence-corrected chi connectivity index (χ2v) is 4.96. The fourth-order valence-electron chi connectivity index (χ4n) is 2.23. The summed E-state index contributed by atoms with van der Waals surface area (Å²) >= 11 is 0. The molecule has 0 bridgehead atoms. The Kier molecular flexibility index (Phi) is 3.70. The van der Waals surface area contributed by atoms with E-state index in [4.69, 9.17) is 4.52 Å². The third-order valence-corrected chi connectivity index (χ3v) is 3.50. The minimum Gasteiger partial charge on any atom is -0.351 e. The van der Waals surface area contributed by atoms with Gasteiger partial charge in [-0.3, -0.25) is 4.79 Å². The summed E-state index contributed by atoms with van der Waals surface area (Å²) in [5.74, 6) is 0.275. The maximum Gasteiger partial charge on any atom is 0.295 e. The van der Waals surface area contributed by atoms with Gasteiger partial charge in [0.1, 0.15) is 5.82 Å². The Balaban J connectivity index is 1.96. The van der Waals surface area contributed by atoms with Gasteiger partial charge in [0.15, 0.2) is 0 Å². The molecular formula is C17H15N3O2. The third kappa shape index (κ3) is 2.74. The number of nitrogens with one attached hydrogen (secondary N) is 1. The van der Waals surface area contributed by atoms with Gasteiger partial charge in [-0.25, -0.2) is 4.98 Å². The van der Waals surface area contributed by atoms with Crippen LogP contribution >= 0.6 is 0 Å². The maximum absolute atomic E-state index is 12.0. The molecule has 1 N–H and O–H groups in total. The quantitative estimate of drug-likeness (QED) is 0.801. The summed E-state index contributed by atoms with van der Waals surface area (Å²) in [6.45, 7) is 3.94. The molecule has 1 aromatic carbocycles. The predicted octanol–water partition coefficient (Wildman–Crippen LogP) is 3.61. The van der Waals surface area contributed by atoms with E-state index in [2.05, 4.69) is 15.5 Å². The monoisotopic (exact) mass is 293 g/mol. The number of hydrogen-bond donors (Lipinski definition) is 1. The molecule has 5 nitrogen and oxygen atoms in total. The van der Waals surface area contributed by atoms with E-state index in [0.717, 1.165) is 22.4 Å². The van der Waals surface area contributed by atoms with Gasteiger partial charge < -0.3 is 9.84 Å². The number of rotatable bonds is 3. The van der Waals surface area contributed by atoms with Gasteiger partial charge in [0.2, 0.25) is 5.76 Å². The molecule has 0 aliphatic heterocycles. The summed E-state index contributed by atoms with van der Waals surface area (Å²) in [5, 5.41) is 6.26. The molecule has 2 heterocycles. The number of carbonyl (C=O) groups is 1. The number of benzene rings is 1. The van der Waals surface area contributed by atoms with Crippen LogP contribution in [-0.4, -0.2) is 16.0 Å². The van der Waals surface area contributed by atoms with E-state index < -0.39 is 0 Å². The molecule has 0 saturated heterocycles. The fraction of sp³-hybridized carbons (Fsp3) is 0.118. The molecule has 0 spiro atoms. The van der Waals surface area contributed by atoms with Crippen molar-refractivity contribution in [2.45, 2.75) is 13.8 Å². The summed E-state index contributed by atoms with van der Waals surface area (Å²) < 4.78 is 4.85. The lowest BCUT2D eigenvalue weighted by molar-refractivity contribution is 0.0987. The van der Waals surface area contributed by atoms with Gasteiger partial charge in [-0.1, -0.05) is 35.5 Å². The van der Waals surface area contributed by atoms with E-state index in [1.54, 1.807) is 0 Å². The Morgan fingerprint density at radius 3 is 2.59 bits per heavy atom. The number of pyridine rings is 1. The highest BCUT2D eigenvalue weighted by Crippen LogP contribution is 2.27. The van der Waals surface area contributed by atoms with E-state index in [1.807, 2.05) is 50.2 Å². The molecule has 0 fully saturated rings. The molecule has 0 radical (unpaired) electrons.